The molecule has 0 fully saturated rings. The smallest absolute Gasteiger partial charge is 0.449 e. The Morgan fingerprint density at radius 2 is 1.89 bits per heavy atom. The van der Waals surface area contributed by atoms with Crippen molar-refractivity contribution in [3.05, 3.63) is 48.5 Å². The van der Waals surface area contributed by atoms with E-state index in [4.69, 9.17) is 10.8 Å². The summed E-state index contributed by atoms with van der Waals surface area (Å²) in [4.78, 5) is 10.6. The molecule has 0 amide bonds. The second-order valence-electron chi connectivity index (χ2n) is 3.61. The number of carboxylic acid groups (broad SMARTS) is 1. The first-order chi connectivity index (χ1) is 8.65. The maximum absolute atomic E-state index is 10.6. The minimum absolute atomic E-state index is 0.173. The lowest BCUT2D eigenvalue weighted by Gasteiger charge is -2.11. The van der Waals surface area contributed by atoms with Crippen molar-refractivity contribution < 1.29 is 14.6 Å². The molecule has 0 aliphatic carbocycles. The molecule has 2 rings (SSSR count). The van der Waals surface area contributed by atoms with Crippen LogP contribution in [0.2, 0.25) is 0 Å². The van der Waals surface area contributed by atoms with Crippen LogP contribution < -0.4 is 15.8 Å². The average Bonchev–Trinajstić information content (AvgIpc) is 2.33. The quantitative estimate of drug-likeness (QED) is 0.439. The minimum atomic E-state index is -1.38. The van der Waals surface area contributed by atoms with Crippen molar-refractivity contribution in [3.63, 3.8) is 0 Å². The Kier molecular flexibility index (Phi) is 3.33. The first kappa shape index (κ1) is 11.8. The van der Waals surface area contributed by atoms with Gasteiger partial charge in [0.2, 0.25) is 0 Å². The molecule has 0 heterocycles. The molecule has 2 aromatic carbocycles. The largest absolute Gasteiger partial charge is 0.511 e. The van der Waals surface area contributed by atoms with Crippen molar-refractivity contribution in [2.24, 2.45) is 0 Å². The highest BCUT2D eigenvalue weighted by Crippen LogP contribution is 2.29. The molecule has 5 heteroatoms. The van der Waals surface area contributed by atoms with Crippen LogP contribution in [0, 0.1) is 0 Å². The third kappa shape index (κ3) is 2.91. The molecule has 0 atom stereocenters. The average molecular weight is 244 g/mol. The van der Waals surface area contributed by atoms with Crippen molar-refractivity contribution in [2.45, 2.75) is 0 Å². The minimum Gasteiger partial charge on any atom is -0.449 e. The SMILES string of the molecule is Nc1ccc(Nc2ccccc2)c(OC(=O)O)c1. The zero-order chi connectivity index (χ0) is 13.0. The van der Waals surface area contributed by atoms with E-state index in [1.54, 1.807) is 12.1 Å². The number of anilines is 3. The van der Waals surface area contributed by atoms with E-state index in [1.807, 2.05) is 30.3 Å². The Balaban J connectivity index is 2.29. The Morgan fingerprint density at radius 3 is 2.56 bits per heavy atom. The van der Waals surface area contributed by atoms with Gasteiger partial charge in [-0.2, -0.15) is 0 Å². The van der Waals surface area contributed by atoms with Gasteiger partial charge in [0.05, 0.1) is 5.69 Å². The molecule has 5 nitrogen and oxygen atoms in total. The highest BCUT2D eigenvalue weighted by Gasteiger charge is 2.08. The van der Waals surface area contributed by atoms with Crippen LogP contribution in [0.4, 0.5) is 21.9 Å². The first-order valence-corrected chi connectivity index (χ1v) is 5.27. The summed E-state index contributed by atoms with van der Waals surface area (Å²) in [5, 5.41) is 11.7. The van der Waals surface area contributed by atoms with Gasteiger partial charge in [0.15, 0.2) is 5.75 Å². The highest BCUT2D eigenvalue weighted by atomic mass is 16.7. The summed E-state index contributed by atoms with van der Waals surface area (Å²) >= 11 is 0. The number of ether oxygens (including phenoxy) is 1. The van der Waals surface area contributed by atoms with Crippen molar-refractivity contribution >= 4 is 23.2 Å². The van der Waals surface area contributed by atoms with E-state index in [-0.39, 0.29) is 5.75 Å². The summed E-state index contributed by atoms with van der Waals surface area (Å²) in [6, 6.07) is 14.2. The fourth-order valence-corrected chi connectivity index (χ4v) is 1.50. The fraction of sp³-hybridized carbons (Fsp3) is 0. The van der Waals surface area contributed by atoms with Crippen LogP contribution in [0.5, 0.6) is 5.75 Å². The molecular formula is C13H12N2O3. The Bertz CT molecular complexity index is 555. The lowest BCUT2D eigenvalue weighted by molar-refractivity contribution is 0.145. The summed E-state index contributed by atoms with van der Waals surface area (Å²) in [5.74, 6) is 0.173. The van der Waals surface area contributed by atoms with Gasteiger partial charge in [-0.25, -0.2) is 4.79 Å². The van der Waals surface area contributed by atoms with Crippen LogP contribution in [0.15, 0.2) is 48.5 Å². The lowest BCUT2D eigenvalue weighted by atomic mass is 10.2. The summed E-state index contributed by atoms with van der Waals surface area (Å²) < 4.78 is 4.67. The van der Waals surface area contributed by atoms with Crippen molar-refractivity contribution in [3.8, 4) is 5.75 Å². The Hall–Kier alpha value is -2.69. The van der Waals surface area contributed by atoms with Crippen LogP contribution in [0.3, 0.4) is 0 Å². The number of nitrogens with two attached hydrogens (primary N) is 1. The van der Waals surface area contributed by atoms with Gasteiger partial charge in [-0.05, 0) is 24.3 Å². The summed E-state index contributed by atoms with van der Waals surface area (Å²) in [5.41, 5.74) is 7.40. The van der Waals surface area contributed by atoms with Crippen LogP contribution in [0.1, 0.15) is 0 Å². The van der Waals surface area contributed by atoms with Crippen molar-refractivity contribution in [1.29, 1.82) is 0 Å². The molecule has 0 bridgehead atoms. The van der Waals surface area contributed by atoms with E-state index in [9.17, 15) is 4.79 Å². The van der Waals surface area contributed by atoms with Gasteiger partial charge in [0, 0.05) is 17.4 Å². The van der Waals surface area contributed by atoms with Gasteiger partial charge in [0.1, 0.15) is 0 Å². The van der Waals surface area contributed by atoms with Crippen LogP contribution in [-0.2, 0) is 0 Å². The molecule has 0 radical (unpaired) electrons. The number of carbonyl (C=O) groups is 1. The van der Waals surface area contributed by atoms with Crippen LogP contribution >= 0.6 is 0 Å². The van der Waals surface area contributed by atoms with E-state index in [0.29, 0.717) is 11.4 Å². The molecule has 4 N–H and O–H groups in total. The molecular weight excluding hydrogens is 232 g/mol. The highest BCUT2D eigenvalue weighted by molar-refractivity contribution is 5.73. The summed E-state index contributed by atoms with van der Waals surface area (Å²) in [6.45, 7) is 0. The molecule has 2 aromatic rings. The van der Waals surface area contributed by atoms with E-state index in [2.05, 4.69) is 10.1 Å². The Morgan fingerprint density at radius 1 is 1.17 bits per heavy atom. The summed E-state index contributed by atoms with van der Waals surface area (Å²) in [6.07, 6.45) is -1.38. The fourth-order valence-electron chi connectivity index (χ4n) is 1.50. The van der Waals surface area contributed by atoms with Crippen molar-refractivity contribution in [1.82, 2.24) is 0 Å². The van der Waals surface area contributed by atoms with Gasteiger partial charge in [0.25, 0.3) is 0 Å². The van der Waals surface area contributed by atoms with E-state index in [0.717, 1.165) is 5.69 Å². The molecule has 0 unspecified atom stereocenters. The van der Waals surface area contributed by atoms with E-state index < -0.39 is 6.16 Å². The van der Waals surface area contributed by atoms with Crippen LogP contribution in [0.25, 0.3) is 0 Å². The Labute approximate surface area is 104 Å². The third-order valence-electron chi connectivity index (χ3n) is 2.26. The number of hydrogen-bond acceptors (Lipinski definition) is 4. The second-order valence-corrected chi connectivity index (χ2v) is 3.61. The molecule has 0 aliphatic heterocycles. The van der Waals surface area contributed by atoms with E-state index in [1.165, 1.54) is 6.07 Å². The molecule has 92 valence electrons. The molecule has 0 aliphatic rings. The van der Waals surface area contributed by atoms with Gasteiger partial charge >= 0.3 is 6.16 Å². The number of hydrogen-bond donors (Lipinski definition) is 3. The summed E-state index contributed by atoms with van der Waals surface area (Å²) in [7, 11) is 0. The van der Waals surface area contributed by atoms with Crippen molar-refractivity contribution in [2.75, 3.05) is 11.1 Å². The zero-order valence-corrected chi connectivity index (χ0v) is 9.46. The van der Waals surface area contributed by atoms with Gasteiger partial charge < -0.3 is 20.9 Å². The number of nitrogens with one attached hydrogen (secondary N) is 1. The third-order valence-corrected chi connectivity index (χ3v) is 2.26. The maximum atomic E-state index is 10.6. The molecule has 0 spiro atoms. The normalized spacial score (nSPS) is 9.78. The van der Waals surface area contributed by atoms with Crippen LogP contribution in [-0.4, -0.2) is 11.3 Å². The number of para-hydroxylation sites is 1. The number of rotatable bonds is 3. The lowest BCUT2D eigenvalue weighted by Crippen LogP contribution is -2.05. The maximum Gasteiger partial charge on any atom is 0.511 e. The predicted molar refractivity (Wildman–Crippen MR) is 69.2 cm³/mol. The van der Waals surface area contributed by atoms with E-state index >= 15 is 0 Å². The molecule has 0 saturated carbocycles. The second kappa shape index (κ2) is 5.09. The van der Waals surface area contributed by atoms with Gasteiger partial charge in [-0.3, -0.25) is 0 Å². The molecule has 18 heavy (non-hydrogen) atoms. The zero-order valence-electron chi connectivity index (χ0n) is 9.46. The topological polar surface area (TPSA) is 84.6 Å². The van der Waals surface area contributed by atoms with Gasteiger partial charge in [-0.15, -0.1) is 0 Å². The predicted octanol–water partition coefficient (Wildman–Crippen LogP) is 3.07. The number of nitrogen functional groups attached to an aromatic ring is 1. The molecule has 0 saturated heterocycles. The monoisotopic (exact) mass is 244 g/mol. The standard InChI is InChI=1S/C13H12N2O3/c14-9-6-7-11(12(8-9)18-13(16)17)15-10-4-2-1-3-5-10/h1-8,15H,14H2,(H,16,17). The first-order valence-electron chi connectivity index (χ1n) is 5.27. The number of benzene rings is 2. The molecule has 0 aromatic heterocycles. The van der Waals surface area contributed by atoms with Gasteiger partial charge in [-0.1, -0.05) is 18.2 Å².